The Hall–Kier alpha value is -1.66. The SMILES string of the molecule is CC(C)C(=O)COc1ccnc(C(F)(F)F)n1. The summed E-state index contributed by atoms with van der Waals surface area (Å²) in [7, 11) is 0. The first-order valence-electron chi connectivity index (χ1n) is 4.86. The third-order valence-electron chi connectivity index (χ3n) is 1.89. The Morgan fingerprint density at radius 1 is 1.47 bits per heavy atom. The number of carbonyl (C=O) groups is 1. The monoisotopic (exact) mass is 248 g/mol. The maximum absolute atomic E-state index is 12.2. The summed E-state index contributed by atoms with van der Waals surface area (Å²) in [5.74, 6) is -2.00. The average Bonchev–Trinajstić information content (AvgIpc) is 2.25. The maximum atomic E-state index is 12.2. The number of nitrogens with zero attached hydrogens (tertiary/aromatic N) is 2. The van der Waals surface area contributed by atoms with Crippen LogP contribution in [0.3, 0.4) is 0 Å². The highest BCUT2D eigenvalue weighted by molar-refractivity contribution is 5.81. The smallest absolute Gasteiger partial charge is 0.451 e. The number of hydrogen-bond donors (Lipinski definition) is 0. The van der Waals surface area contributed by atoms with Crippen LogP contribution in [-0.2, 0) is 11.0 Å². The number of halogens is 3. The number of carbonyl (C=O) groups excluding carboxylic acids is 1. The molecule has 0 fully saturated rings. The fourth-order valence-electron chi connectivity index (χ4n) is 0.871. The molecular formula is C10H11F3N2O2. The third kappa shape index (κ3) is 4.01. The Morgan fingerprint density at radius 2 is 2.12 bits per heavy atom. The number of hydrogen-bond acceptors (Lipinski definition) is 4. The molecule has 0 amide bonds. The molecule has 1 aromatic heterocycles. The van der Waals surface area contributed by atoms with Gasteiger partial charge in [-0.3, -0.25) is 4.79 Å². The van der Waals surface area contributed by atoms with E-state index in [-0.39, 0.29) is 24.2 Å². The van der Waals surface area contributed by atoms with Gasteiger partial charge in [-0.2, -0.15) is 18.2 Å². The summed E-state index contributed by atoms with van der Waals surface area (Å²) in [6.45, 7) is 3.05. The minimum atomic E-state index is -4.62. The zero-order valence-electron chi connectivity index (χ0n) is 9.28. The summed E-state index contributed by atoms with van der Waals surface area (Å²) in [6, 6.07) is 1.17. The van der Waals surface area contributed by atoms with Gasteiger partial charge in [0.2, 0.25) is 11.7 Å². The van der Waals surface area contributed by atoms with E-state index < -0.39 is 12.0 Å². The van der Waals surface area contributed by atoms with E-state index in [9.17, 15) is 18.0 Å². The molecule has 0 bridgehead atoms. The minimum Gasteiger partial charge on any atom is -0.470 e. The van der Waals surface area contributed by atoms with Gasteiger partial charge in [-0.05, 0) is 0 Å². The zero-order chi connectivity index (χ0) is 13.1. The van der Waals surface area contributed by atoms with Crippen molar-refractivity contribution in [2.45, 2.75) is 20.0 Å². The van der Waals surface area contributed by atoms with E-state index in [1.165, 1.54) is 6.07 Å². The predicted molar refractivity (Wildman–Crippen MR) is 52.4 cm³/mol. The highest BCUT2D eigenvalue weighted by Gasteiger charge is 2.34. The molecule has 0 aliphatic rings. The van der Waals surface area contributed by atoms with Crippen LogP contribution in [0.2, 0.25) is 0 Å². The zero-order valence-corrected chi connectivity index (χ0v) is 9.28. The molecule has 17 heavy (non-hydrogen) atoms. The van der Waals surface area contributed by atoms with Crippen molar-refractivity contribution in [1.82, 2.24) is 9.97 Å². The summed E-state index contributed by atoms with van der Waals surface area (Å²) >= 11 is 0. The minimum absolute atomic E-state index is 0.211. The van der Waals surface area contributed by atoms with Gasteiger partial charge in [-0.25, -0.2) is 4.98 Å². The summed E-state index contributed by atoms with van der Waals surface area (Å²) < 4.78 is 41.6. The first-order chi connectivity index (χ1) is 7.80. The van der Waals surface area contributed by atoms with Crippen LogP contribution >= 0.6 is 0 Å². The fraction of sp³-hybridized carbons (Fsp3) is 0.500. The van der Waals surface area contributed by atoms with Crippen molar-refractivity contribution < 1.29 is 22.7 Å². The van der Waals surface area contributed by atoms with Gasteiger partial charge in [0.05, 0.1) is 0 Å². The number of ether oxygens (including phenoxy) is 1. The summed E-state index contributed by atoms with van der Waals surface area (Å²) in [4.78, 5) is 17.4. The van der Waals surface area contributed by atoms with Gasteiger partial charge in [0.15, 0.2) is 5.78 Å². The molecule has 0 saturated carbocycles. The molecule has 1 heterocycles. The van der Waals surface area contributed by atoms with Crippen LogP contribution in [0.25, 0.3) is 0 Å². The second-order valence-corrected chi connectivity index (χ2v) is 3.63. The first kappa shape index (κ1) is 13.4. The number of alkyl halides is 3. The van der Waals surface area contributed by atoms with Gasteiger partial charge in [0, 0.05) is 18.2 Å². The quantitative estimate of drug-likeness (QED) is 0.818. The fourth-order valence-corrected chi connectivity index (χ4v) is 0.871. The van der Waals surface area contributed by atoms with Crippen LogP contribution in [-0.4, -0.2) is 22.4 Å². The van der Waals surface area contributed by atoms with Crippen molar-refractivity contribution in [1.29, 1.82) is 0 Å². The predicted octanol–water partition coefficient (Wildman–Crippen LogP) is 2.10. The molecule has 7 heteroatoms. The van der Waals surface area contributed by atoms with Gasteiger partial charge in [0.25, 0.3) is 0 Å². The van der Waals surface area contributed by atoms with Crippen LogP contribution in [0, 0.1) is 5.92 Å². The Kier molecular flexibility index (Phi) is 4.03. The van der Waals surface area contributed by atoms with Crippen LogP contribution in [0.15, 0.2) is 12.3 Å². The lowest BCUT2D eigenvalue weighted by molar-refractivity contribution is -0.145. The normalized spacial score (nSPS) is 11.6. The molecule has 94 valence electrons. The second kappa shape index (κ2) is 5.11. The van der Waals surface area contributed by atoms with E-state index >= 15 is 0 Å². The van der Waals surface area contributed by atoms with Gasteiger partial charge in [0.1, 0.15) is 6.61 Å². The Labute approximate surface area is 95.8 Å². The number of rotatable bonds is 4. The molecule has 0 atom stereocenters. The largest absolute Gasteiger partial charge is 0.470 e. The molecule has 1 rings (SSSR count). The number of aromatic nitrogens is 2. The molecule has 0 spiro atoms. The Morgan fingerprint density at radius 3 is 2.65 bits per heavy atom. The van der Waals surface area contributed by atoms with Crippen molar-refractivity contribution in [3.63, 3.8) is 0 Å². The molecule has 4 nitrogen and oxygen atoms in total. The highest BCUT2D eigenvalue weighted by Crippen LogP contribution is 2.26. The van der Waals surface area contributed by atoms with Gasteiger partial charge >= 0.3 is 6.18 Å². The van der Waals surface area contributed by atoms with E-state index in [4.69, 9.17) is 4.74 Å². The van der Waals surface area contributed by atoms with E-state index in [1.807, 2.05) is 0 Å². The molecule has 0 aromatic carbocycles. The van der Waals surface area contributed by atoms with E-state index in [1.54, 1.807) is 13.8 Å². The van der Waals surface area contributed by atoms with E-state index in [0.717, 1.165) is 6.20 Å². The van der Waals surface area contributed by atoms with Gasteiger partial charge < -0.3 is 4.74 Å². The maximum Gasteiger partial charge on any atom is 0.451 e. The van der Waals surface area contributed by atoms with Gasteiger partial charge in [-0.1, -0.05) is 13.8 Å². The van der Waals surface area contributed by atoms with Crippen LogP contribution in [0.5, 0.6) is 5.88 Å². The van der Waals surface area contributed by atoms with Crippen molar-refractivity contribution in [2.75, 3.05) is 6.61 Å². The van der Waals surface area contributed by atoms with Gasteiger partial charge in [-0.15, -0.1) is 0 Å². The van der Waals surface area contributed by atoms with E-state index in [2.05, 4.69) is 9.97 Å². The number of Topliss-reactive ketones (excluding diaryl/α,β-unsaturated/α-hetero) is 1. The third-order valence-corrected chi connectivity index (χ3v) is 1.89. The highest BCUT2D eigenvalue weighted by atomic mass is 19.4. The summed E-state index contributed by atoms with van der Waals surface area (Å²) in [6.07, 6.45) is -3.69. The van der Waals surface area contributed by atoms with Crippen molar-refractivity contribution in [3.8, 4) is 5.88 Å². The van der Waals surface area contributed by atoms with E-state index in [0.29, 0.717) is 0 Å². The first-order valence-corrected chi connectivity index (χ1v) is 4.86. The van der Waals surface area contributed by atoms with Crippen molar-refractivity contribution >= 4 is 5.78 Å². The Balaban J connectivity index is 2.70. The lowest BCUT2D eigenvalue weighted by Crippen LogP contribution is -2.18. The van der Waals surface area contributed by atoms with Crippen LogP contribution < -0.4 is 4.74 Å². The standard InChI is InChI=1S/C10H11F3N2O2/c1-6(2)7(16)5-17-8-3-4-14-9(15-8)10(11,12)13/h3-4,6H,5H2,1-2H3. The second-order valence-electron chi connectivity index (χ2n) is 3.63. The molecule has 0 aliphatic heterocycles. The van der Waals surface area contributed by atoms with Crippen molar-refractivity contribution in [2.24, 2.45) is 5.92 Å². The summed E-state index contributed by atoms with van der Waals surface area (Å²) in [5, 5.41) is 0. The van der Waals surface area contributed by atoms with Crippen LogP contribution in [0.4, 0.5) is 13.2 Å². The molecule has 0 N–H and O–H groups in total. The summed E-state index contributed by atoms with van der Waals surface area (Å²) in [5.41, 5.74) is 0. The average molecular weight is 248 g/mol. The molecule has 0 saturated heterocycles. The molecule has 0 unspecified atom stereocenters. The van der Waals surface area contributed by atoms with Crippen LogP contribution in [0.1, 0.15) is 19.7 Å². The van der Waals surface area contributed by atoms with Crippen molar-refractivity contribution in [3.05, 3.63) is 18.1 Å². The molecular weight excluding hydrogens is 237 g/mol. The molecule has 1 aromatic rings. The lowest BCUT2D eigenvalue weighted by Gasteiger charge is -2.08. The molecule has 0 aliphatic carbocycles. The molecule has 0 radical (unpaired) electrons. The Bertz CT molecular complexity index is 405. The number of ketones is 1. The lowest BCUT2D eigenvalue weighted by atomic mass is 10.1. The topological polar surface area (TPSA) is 52.1 Å².